The Balaban J connectivity index is 1.86. The summed E-state index contributed by atoms with van der Waals surface area (Å²) >= 11 is 0. The first-order valence-corrected chi connectivity index (χ1v) is 15.9. The second-order valence-corrected chi connectivity index (χ2v) is 17.9. The Morgan fingerprint density at radius 3 is 2.27 bits per heavy atom. The maximum Gasteiger partial charge on any atom is 0.123 e. The van der Waals surface area contributed by atoms with Gasteiger partial charge in [-0.05, 0) is 84.7 Å². The smallest absolute Gasteiger partial charge is 0.123 e. The van der Waals surface area contributed by atoms with E-state index in [9.17, 15) is 0 Å². The summed E-state index contributed by atoms with van der Waals surface area (Å²) in [6, 6.07) is 13.9. The van der Waals surface area contributed by atoms with E-state index in [2.05, 4.69) is 117 Å². The highest BCUT2D eigenvalue weighted by Crippen LogP contribution is 2.57. The van der Waals surface area contributed by atoms with E-state index in [4.69, 9.17) is 4.74 Å². The molecule has 2 aliphatic carbocycles. The molecule has 0 heterocycles. The van der Waals surface area contributed by atoms with Gasteiger partial charge in [-0.25, -0.2) is 0 Å². The van der Waals surface area contributed by atoms with Crippen LogP contribution in [0.15, 0.2) is 42.5 Å². The van der Waals surface area contributed by atoms with Gasteiger partial charge in [0.05, 0.1) is 8.07 Å². The number of aryl methyl sites for hydroxylation is 1. The average Bonchev–Trinajstić information content (AvgIpc) is 3.04. The van der Waals surface area contributed by atoms with E-state index in [0.29, 0.717) is 23.3 Å². The molecule has 4 atom stereocenters. The van der Waals surface area contributed by atoms with Crippen LogP contribution in [0.4, 0.5) is 0 Å². The summed E-state index contributed by atoms with van der Waals surface area (Å²) in [7, 11) is -1.90. The van der Waals surface area contributed by atoms with Crippen LogP contribution in [-0.4, -0.2) is 13.7 Å². The second kappa shape index (κ2) is 8.15. The van der Waals surface area contributed by atoms with Crippen LogP contribution in [-0.2, 0) is 5.41 Å². The number of fused-ring (bicyclic) bond motifs is 3. The third kappa shape index (κ3) is 4.48. The van der Waals surface area contributed by atoms with Gasteiger partial charge in [-0.2, -0.15) is 0 Å². The van der Waals surface area contributed by atoms with Crippen LogP contribution in [0.3, 0.4) is 0 Å². The van der Waals surface area contributed by atoms with E-state index in [-0.39, 0.29) is 11.0 Å². The van der Waals surface area contributed by atoms with Crippen molar-refractivity contribution in [2.45, 2.75) is 97.4 Å². The van der Waals surface area contributed by atoms with Gasteiger partial charge in [0.1, 0.15) is 11.4 Å². The Morgan fingerprint density at radius 2 is 1.64 bits per heavy atom. The van der Waals surface area contributed by atoms with E-state index in [1.807, 2.05) is 0 Å². The van der Waals surface area contributed by atoms with Crippen molar-refractivity contribution >= 4 is 19.3 Å². The Kier molecular flexibility index (Phi) is 6.01. The fourth-order valence-electron chi connectivity index (χ4n) is 6.73. The predicted molar refractivity (Wildman–Crippen MR) is 147 cm³/mol. The van der Waals surface area contributed by atoms with Gasteiger partial charge < -0.3 is 4.74 Å². The molecule has 1 saturated carbocycles. The molecule has 0 aromatic heterocycles. The largest absolute Gasteiger partial charge is 0.488 e. The molecule has 0 radical (unpaired) electrons. The van der Waals surface area contributed by atoms with Gasteiger partial charge in [0.25, 0.3) is 0 Å². The zero-order valence-electron chi connectivity index (χ0n) is 22.5. The molecule has 178 valence electrons. The highest BCUT2D eigenvalue weighted by molar-refractivity contribution is 6.91. The van der Waals surface area contributed by atoms with Gasteiger partial charge in [0.15, 0.2) is 0 Å². The van der Waals surface area contributed by atoms with E-state index >= 15 is 0 Å². The number of hydrogen-bond acceptors (Lipinski definition) is 1. The van der Waals surface area contributed by atoms with Crippen LogP contribution in [0.2, 0.25) is 18.6 Å². The molecule has 0 saturated heterocycles. The number of benzene rings is 2. The minimum atomic E-state index is -1.90. The normalized spacial score (nSPS) is 25.0. The first-order chi connectivity index (χ1) is 15.2. The first-order valence-electron chi connectivity index (χ1n) is 12.8. The van der Waals surface area contributed by atoms with Crippen LogP contribution >= 0.6 is 0 Å². The van der Waals surface area contributed by atoms with Gasteiger partial charge >= 0.3 is 0 Å². The molecular weight excluding hydrogens is 416 g/mol. The van der Waals surface area contributed by atoms with Crippen LogP contribution in [0, 0.1) is 18.8 Å². The van der Waals surface area contributed by atoms with E-state index in [1.54, 1.807) is 5.56 Å². The summed E-state index contributed by atoms with van der Waals surface area (Å²) in [5.74, 6) is 3.15. The molecule has 4 rings (SSSR count). The van der Waals surface area contributed by atoms with Crippen LogP contribution in [0.25, 0.3) is 6.08 Å². The molecule has 1 fully saturated rings. The van der Waals surface area contributed by atoms with Crippen molar-refractivity contribution in [3.63, 3.8) is 0 Å². The second-order valence-electron chi connectivity index (χ2n) is 13.3. The molecule has 33 heavy (non-hydrogen) atoms. The maximum atomic E-state index is 6.84. The summed E-state index contributed by atoms with van der Waals surface area (Å²) in [6.07, 6.45) is 6.25. The van der Waals surface area contributed by atoms with Crippen molar-refractivity contribution in [2.75, 3.05) is 0 Å². The molecule has 0 amide bonds. The molecule has 0 aliphatic heterocycles. The van der Waals surface area contributed by atoms with E-state index in [0.717, 1.165) is 0 Å². The predicted octanol–water partition coefficient (Wildman–Crippen LogP) is 8.22. The molecule has 4 unspecified atom stereocenters. The number of allylic oxidation sites excluding steroid dienone is 1. The number of hydrogen-bond donors (Lipinski definition) is 0. The lowest BCUT2D eigenvalue weighted by Gasteiger charge is -2.41. The summed E-state index contributed by atoms with van der Waals surface area (Å²) in [4.78, 5) is 0. The Bertz CT molecular complexity index is 1060. The topological polar surface area (TPSA) is 9.23 Å². The SMILES string of the molecule is Cc1cc(C(C)(C)C)c(OC(C)(C)C)c([Si](C)(C)C2C(C)CC3c4ccccc4C=CC32)c1. The zero-order chi connectivity index (χ0) is 24.3. The van der Waals surface area contributed by atoms with Gasteiger partial charge in [-0.15, -0.1) is 0 Å². The Labute approximate surface area is 203 Å². The van der Waals surface area contributed by atoms with Gasteiger partial charge in [-0.3, -0.25) is 0 Å². The summed E-state index contributed by atoms with van der Waals surface area (Å²) in [6.45, 7) is 23.5. The van der Waals surface area contributed by atoms with Gasteiger partial charge in [-0.1, -0.05) is 94.9 Å². The van der Waals surface area contributed by atoms with E-state index in [1.165, 1.54) is 34.0 Å². The van der Waals surface area contributed by atoms with Crippen molar-refractivity contribution in [1.82, 2.24) is 0 Å². The van der Waals surface area contributed by atoms with E-state index < -0.39 is 8.07 Å². The van der Waals surface area contributed by atoms with Crippen molar-refractivity contribution in [3.05, 3.63) is 64.7 Å². The lowest BCUT2D eigenvalue weighted by atomic mass is 9.81. The average molecular weight is 461 g/mol. The van der Waals surface area contributed by atoms with Crippen molar-refractivity contribution in [3.8, 4) is 5.75 Å². The molecule has 2 aliphatic rings. The first kappa shape index (κ1) is 24.3. The Hall–Kier alpha value is -1.80. The minimum absolute atomic E-state index is 0.0410. The third-order valence-electron chi connectivity index (χ3n) is 7.99. The lowest BCUT2D eigenvalue weighted by Crippen LogP contribution is -2.51. The molecular formula is C31H44OSi. The molecule has 0 N–H and O–H groups in total. The third-order valence-corrected chi connectivity index (χ3v) is 12.4. The van der Waals surface area contributed by atoms with Crippen molar-refractivity contribution < 1.29 is 4.74 Å². The number of ether oxygens (including phenoxy) is 1. The fourth-order valence-corrected chi connectivity index (χ4v) is 11.3. The highest BCUT2D eigenvalue weighted by Gasteiger charge is 2.51. The highest BCUT2D eigenvalue weighted by atomic mass is 28.3. The number of rotatable bonds is 3. The molecule has 0 bridgehead atoms. The zero-order valence-corrected chi connectivity index (χ0v) is 23.5. The van der Waals surface area contributed by atoms with Crippen molar-refractivity contribution in [1.29, 1.82) is 0 Å². The summed E-state index contributed by atoms with van der Waals surface area (Å²) in [5, 5.41) is 1.52. The molecule has 2 heteroatoms. The van der Waals surface area contributed by atoms with Crippen LogP contribution in [0.1, 0.15) is 83.1 Å². The molecule has 2 aromatic carbocycles. The van der Waals surface area contributed by atoms with Crippen LogP contribution < -0.4 is 9.92 Å². The standard InChI is InChI=1S/C31H44OSi/c1-20-17-26(30(3,4)5)28(32-31(6,7)8)27(18-20)33(9,10)29-21(2)19-25-23-14-12-11-13-22(23)15-16-24(25)29/h11-18,21,24-25,29H,19H2,1-10H3. The van der Waals surface area contributed by atoms with Crippen molar-refractivity contribution in [2.24, 2.45) is 11.8 Å². The maximum absolute atomic E-state index is 6.84. The summed E-state index contributed by atoms with van der Waals surface area (Å²) in [5.41, 5.74) is 6.23. The summed E-state index contributed by atoms with van der Waals surface area (Å²) < 4.78 is 6.84. The fraction of sp³-hybridized carbons (Fsp3) is 0.548. The minimum Gasteiger partial charge on any atom is -0.488 e. The van der Waals surface area contributed by atoms with Crippen LogP contribution in [0.5, 0.6) is 5.75 Å². The molecule has 2 aromatic rings. The molecule has 0 spiro atoms. The molecule has 1 nitrogen and oxygen atoms in total. The van der Waals surface area contributed by atoms with Gasteiger partial charge in [0.2, 0.25) is 0 Å². The Morgan fingerprint density at radius 1 is 0.970 bits per heavy atom. The monoisotopic (exact) mass is 460 g/mol. The quantitative estimate of drug-likeness (QED) is 0.419. The van der Waals surface area contributed by atoms with Gasteiger partial charge in [0, 0.05) is 0 Å². The lowest BCUT2D eigenvalue weighted by molar-refractivity contribution is 0.129.